The zero-order valence-electron chi connectivity index (χ0n) is 17.3. The van der Waals surface area contributed by atoms with E-state index in [1.54, 1.807) is 23.4 Å². The Hall–Kier alpha value is -3.50. The fourth-order valence-electron chi connectivity index (χ4n) is 4.59. The molecule has 1 unspecified atom stereocenters. The Kier molecular flexibility index (Phi) is 6.06. The van der Waals surface area contributed by atoms with Gasteiger partial charge in [-0.15, -0.1) is 12.4 Å². The van der Waals surface area contributed by atoms with Crippen LogP contribution in [-0.4, -0.2) is 10.9 Å². The van der Waals surface area contributed by atoms with Gasteiger partial charge in [-0.3, -0.25) is 14.7 Å². The van der Waals surface area contributed by atoms with Gasteiger partial charge in [0, 0.05) is 18.1 Å². The first kappa shape index (κ1) is 21.7. The number of fused-ring (bicyclic) bond motifs is 1. The summed E-state index contributed by atoms with van der Waals surface area (Å²) in [6.45, 7) is 0. The number of pyridine rings is 1. The molecular weight excluding hydrogens is 423 g/mol. The molecule has 0 saturated carbocycles. The second-order valence-electron chi connectivity index (χ2n) is 7.91. The number of halogens is 2. The average Bonchev–Trinajstić information content (AvgIpc) is 3.03. The summed E-state index contributed by atoms with van der Waals surface area (Å²) < 4.78 is 14.0. The molecule has 5 heteroatoms. The summed E-state index contributed by atoms with van der Waals surface area (Å²) in [4.78, 5) is 20.1. The average molecular weight is 445 g/mol. The molecule has 0 bridgehead atoms. The van der Waals surface area contributed by atoms with Crippen LogP contribution in [0.4, 0.5) is 15.8 Å². The van der Waals surface area contributed by atoms with Crippen molar-refractivity contribution in [3.8, 4) is 0 Å². The minimum absolute atomic E-state index is 0. The van der Waals surface area contributed by atoms with Gasteiger partial charge in [-0.05, 0) is 72.0 Å². The highest BCUT2D eigenvalue weighted by atomic mass is 35.5. The monoisotopic (exact) mass is 444 g/mol. The highest BCUT2D eigenvalue weighted by molar-refractivity contribution is 6.13. The summed E-state index contributed by atoms with van der Waals surface area (Å²) in [5, 5.41) is 0. The van der Waals surface area contributed by atoms with E-state index >= 15 is 0 Å². The van der Waals surface area contributed by atoms with Crippen LogP contribution in [0.2, 0.25) is 0 Å². The minimum atomic E-state index is -0.846. The van der Waals surface area contributed by atoms with Crippen molar-refractivity contribution in [1.29, 1.82) is 0 Å². The van der Waals surface area contributed by atoms with Crippen LogP contribution in [0.1, 0.15) is 16.7 Å². The Morgan fingerprint density at radius 3 is 2.22 bits per heavy atom. The molecule has 0 aliphatic carbocycles. The Bertz CT molecular complexity index is 1230. The van der Waals surface area contributed by atoms with E-state index in [0.29, 0.717) is 12.8 Å². The third-order valence-electron chi connectivity index (χ3n) is 5.94. The maximum Gasteiger partial charge on any atom is 0.242 e. The highest BCUT2D eigenvalue weighted by Gasteiger charge is 2.51. The Balaban J connectivity index is 0.00000245. The highest BCUT2D eigenvalue weighted by Crippen LogP contribution is 2.48. The predicted octanol–water partition coefficient (Wildman–Crippen LogP) is 6.04. The molecular formula is C27H22ClFN2O. The lowest BCUT2D eigenvalue weighted by Gasteiger charge is -2.29. The van der Waals surface area contributed by atoms with E-state index < -0.39 is 5.41 Å². The predicted molar refractivity (Wildman–Crippen MR) is 127 cm³/mol. The van der Waals surface area contributed by atoms with Gasteiger partial charge in [0.05, 0.1) is 11.1 Å². The van der Waals surface area contributed by atoms with E-state index in [1.165, 1.54) is 12.1 Å². The second-order valence-corrected chi connectivity index (χ2v) is 7.91. The van der Waals surface area contributed by atoms with Gasteiger partial charge in [0.1, 0.15) is 5.82 Å². The molecule has 0 N–H and O–H groups in total. The van der Waals surface area contributed by atoms with E-state index in [1.807, 2.05) is 72.8 Å². The molecule has 1 aliphatic heterocycles. The molecule has 4 aromatic rings. The Morgan fingerprint density at radius 1 is 0.781 bits per heavy atom. The van der Waals surface area contributed by atoms with Crippen LogP contribution in [0.25, 0.3) is 0 Å². The second kappa shape index (κ2) is 8.93. The lowest BCUT2D eigenvalue weighted by molar-refractivity contribution is -0.122. The van der Waals surface area contributed by atoms with Crippen LogP contribution >= 0.6 is 12.4 Å². The van der Waals surface area contributed by atoms with Crippen molar-refractivity contribution in [2.75, 3.05) is 4.90 Å². The summed E-state index contributed by atoms with van der Waals surface area (Å²) in [5.74, 6) is -0.295. The smallest absolute Gasteiger partial charge is 0.242 e. The number of benzene rings is 3. The van der Waals surface area contributed by atoms with Crippen molar-refractivity contribution < 1.29 is 9.18 Å². The van der Waals surface area contributed by atoms with Gasteiger partial charge in [-0.1, -0.05) is 48.5 Å². The third kappa shape index (κ3) is 3.78. The molecule has 3 nitrogen and oxygen atoms in total. The van der Waals surface area contributed by atoms with Gasteiger partial charge in [-0.25, -0.2) is 4.39 Å². The molecule has 5 rings (SSSR count). The maximum absolute atomic E-state index is 14.2. The van der Waals surface area contributed by atoms with Crippen LogP contribution in [-0.2, 0) is 23.1 Å². The number of anilines is 2. The lowest BCUT2D eigenvalue weighted by Crippen LogP contribution is -2.42. The summed E-state index contributed by atoms with van der Waals surface area (Å²) in [6.07, 6.45) is 4.40. The van der Waals surface area contributed by atoms with Gasteiger partial charge in [0.25, 0.3) is 0 Å². The number of aromatic nitrogens is 1. The molecule has 1 amide bonds. The molecule has 160 valence electrons. The van der Waals surface area contributed by atoms with E-state index in [-0.39, 0.29) is 24.1 Å². The molecule has 32 heavy (non-hydrogen) atoms. The van der Waals surface area contributed by atoms with Crippen molar-refractivity contribution in [3.63, 3.8) is 0 Å². The number of hydrogen-bond donors (Lipinski definition) is 0. The summed E-state index contributed by atoms with van der Waals surface area (Å²) in [5.41, 5.74) is 3.64. The van der Waals surface area contributed by atoms with Crippen LogP contribution in [0, 0.1) is 5.82 Å². The van der Waals surface area contributed by atoms with Crippen molar-refractivity contribution in [2.45, 2.75) is 18.3 Å². The molecule has 1 atom stereocenters. The number of nitrogens with zero attached hydrogens (tertiary/aromatic N) is 2. The standard InChI is InChI=1S/C27H21FN2O.ClH/c28-22-8-6-7-21(17-22)19-27(18-20-13-15-29-16-14-20)24-11-4-5-12-25(24)30(26(27)31)23-9-2-1-3-10-23;/h1-17H,18-19H2;1H. The van der Waals surface area contributed by atoms with Gasteiger partial charge in [0.2, 0.25) is 5.91 Å². The van der Waals surface area contributed by atoms with Gasteiger partial charge >= 0.3 is 0 Å². The Morgan fingerprint density at radius 2 is 1.47 bits per heavy atom. The molecule has 2 heterocycles. The summed E-state index contributed by atoms with van der Waals surface area (Å²) in [7, 11) is 0. The van der Waals surface area contributed by atoms with Crippen LogP contribution in [0.5, 0.6) is 0 Å². The molecule has 0 fully saturated rings. The van der Waals surface area contributed by atoms with Crippen LogP contribution < -0.4 is 4.90 Å². The molecule has 1 aromatic heterocycles. The fraction of sp³-hybridized carbons (Fsp3) is 0.111. The molecule has 0 radical (unpaired) electrons. The first-order chi connectivity index (χ1) is 15.2. The van der Waals surface area contributed by atoms with E-state index in [2.05, 4.69) is 4.98 Å². The van der Waals surface area contributed by atoms with Crippen LogP contribution in [0.15, 0.2) is 103 Å². The van der Waals surface area contributed by atoms with Gasteiger partial charge < -0.3 is 0 Å². The Labute approximate surface area is 193 Å². The number of amides is 1. The van der Waals surface area contributed by atoms with Gasteiger partial charge in [0.15, 0.2) is 0 Å². The summed E-state index contributed by atoms with van der Waals surface area (Å²) >= 11 is 0. The minimum Gasteiger partial charge on any atom is -0.280 e. The van der Waals surface area contributed by atoms with E-state index in [4.69, 9.17) is 0 Å². The first-order valence-corrected chi connectivity index (χ1v) is 10.3. The number of carbonyl (C=O) groups excluding carboxylic acids is 1. The zero-order chi connectivity index (χ0) is 21.3. The lowest BCUT2D eigenvalue weighted by atomic mass is 9.72. The van der Waals surface area contributed by atoms with Crippen molar-refractivity contribution >= 4 is 29.7 Å². The van der Waals surface area contributed by atoms with Gasteiger partial charge in [-0.2, -0.15) is 0 Å². The molecule has 0 spiro atoms. The van der Waals surface area contributed by atoms with Crippen molar-refractivity contribution in [2.24, 2.45) is 0 Å². The third-order valence-corrected chi connectivity index (χ3v) is 5.94. The maximum atomic E-state index is 14.2. The SMILES string of the molecule is Cl.O=C1N(c2ccccc2)c2ccccc2C1(Cc1ccncc1)Cc1cccc(F)c1. The normalized spacial score (nSPS) is 17.0. The molecule has 1 aliphatic rings. The topological polar surface area (TPSA) is 33.2 Å². The van der Waals surface area contributed by atoms with Crippen molar-refractivity contribution in [3.05, 3.63) is 126 Å². The number of rotatable bonds is 5. The summed E-state index contributed by atoms with van der Waals surface area (Å²) in [6, 6.07) is 28.0. The quantitative estimate of drug-likeness (QED) is 0.375. The van der Waals surface area contributed by atoms with Crippen LogP contribution in [0.3, 0.4) is 0 Å². The number of carbonyl (C=O) groups is 1. The zero-order valence-corrected chi connectivity index (χ0v) is 18.1. The first-order valence-electron chi connectivity index (χ1n) is 10.3. The largest absolute Gasteiger partial charge is 0.280 e. The molecule has 0 saturated heterocycles. The van der Waals surface area contributed by atoms with E-state index in [0.717, 1.165) is 28.1 Å². The number of hydrogen-bond acceptors (Lipinski definition) is 2. The fourth-order valence-corrected chi connectivity index (χ4v) is 4.59. The van der Waals surface area contributed by atoms with Crippen molar-refractivity contribution in [1.82, 2.24) is 4.98 Å². The van der Waals surface area contributed by atoms with E-state index in [9.17, 15) is 9.18 Å². The molecule has 3 aromatic carbocycles. The number of para-hydroxylation sites is 2.